The van der Waals surface area contributed by atoms with Gasteiger partial charge in [0.15, 0.2) is 0 Å². The van der Waals surface area contributed by atoms with Gasteiger partial charge in [0.25, 0.3) is 0 Å². The minimum atomic E-state index is -0.167. The number of hydrogen-bond acceptors (Lipinski definition) is 2. The van der Waals surface area contributed by atoms with Gasteiger partial charge in [-0.1, -0.05) is 24.3 Å². The Hall–Kier alpha value is -2.82. The summed E-state index contributed by atoms with van der Waals surface area (Å²) in [5, 5.41) is 6.91. The van der Waals surface area contributed by atoms with E-state index >= 15 is 0 Å². The molecule has 2 heterocycles. The van der Waals surface area contributed by atoms with Crippen LogP contribution < -0.4 is 10.6 Å². The molecule has 2 aromatic heterocycles. The highest BCUT2D eigenvalue weighted by Gasteiger charge is 2.20. The van der Waals surface area contributed by atoms with Crippen LogP contribution in [0.15, 0.2) is 48.8 Å². The molecule has 1 aromatic carbocycles. The van der Waals surface area contributed by atoms with E-state index in [0.717, 1.165) is 36.0 Å². The molecule has 1 aliphatic carbocycles. The molecule has 0 fully saturated rings. The summed E-state index contributed by atoms with van der Waals surface area (Å²) >= 11 is 0. The molecule has 1 atom stereocenters. The Bertz CT molecular complexity index is 855. The molecule has 5 heteroatoms. The van der Waals surface area contributed by atoms with Crippen LogP contribution in [0.1, 0.15) is 17.5 Å². The molecule has 1 aliphatic rings. The molecule has 0 saturated heterocycles. The Morgan fingerprint density at radius 3 is 2.96 bits per heavy atom. The van der Waals surface area contributed by atoms with Crippen LogP contribution in [0.25, 0.3) is 11.0 Å². The van der Waals surface area contributed by atoms with Crippen LogP contribution in [-0.2, 0) is 12.8 Å². The van der Waals surface area contributed by atoms with Gasteiger partial charge in [-0.05, 0) is 42.5 Å². The smallest absolute Gasteiger partial charge is 0.319 e. The second-order valence-electron chi connectivity index (χ2n) is 5.91. The number of anilines is 1. The fourth-order valence-corrected chi connectivity index (χ4v) is 3.22. The maximum absolute atomic E-state index is 12.3. The van der Waals surface area contributed by atoms with E-state index in [9.17, 15) is 4.79 Å². The number of pyridine rings is 1. The zero-order chi connectivity index (χ0) is 15.6. The van der Waals surface area contributed by atoms with Gasteiger partial charge in [-0.3, -0.25) is 0 Å². The normalized spacial score (nSPS) is 16.8. The number of fused-ring (bicyclic) bond motifs is 2. The molecule has 23 heavy (non-hydrogen) atoms. The van der Waals surface area contributed by atoms with Gasteiger partial charge in [0.1, 0.15) is 5.65 Å². The van der Waals surface area contributed by atoms with E-state index in [1.54, 1.807) is 12.4 Å². The van der Waals surface area contributed by atoms with Crippen molar-refractivity contribution in [2.75, 3.05) is 5.32 Å². The average Bonchev–Trinajstić information content (AvgIpc) is 2.98. The molecule has 3 N–H and O–H groups in total. The highest BCUT2D eigenvalue weighted by atomic mass is 16.2. The van der Waals surface area contributed by atoms with Crippen LogP contribution >= 0.6 is 0 Å². The second kappa shape index (κ2) is 5.76. The van der Waals surface area contributed by atoms with Crippen molar-refractivity contribution in [3.8, 4) is 0 Å². The van der Waals surface area contributed by atoms with Crippen molar-refractivity contribution in [2.45, 2.75) is 25.3 Å². The Labute approximate surface area is 134 Å². The predicted octanol–water partition coefficient (Wildman–Crippen LogP) is 3.24. The van der Waals surface area contributed by atoms with Crippen LogP contribution in [0.4, 0.5) is 10.5 Å². The number of nitrogens with one attached hydrogen (secondary N) is 3. The highest BCUT2D eigenvalue weighted by molar-refractivity contribution is 5.99. The van der Waals surface area contributed by atoms with Gasteiger partial charge in [-0.2, -0.15) is 0 Å². The molecule has 0 aliphatic heterocycles. The minimum absolute atomic E-state index is 0.167. The number of urea groups is 1. The maximum atomic E-state index is 12.3. The van der Waals surface area contributed by atoms with Crippen molar-refractivity contribution < 1.29 is 4.79 Å². The van der Waals surface area contributed by atoms with Crippen LogP contribution in [0, 0.1) is 0 Å². The Kier molecular flexibility index (Phi) is 3.46. The molecule has 0 bridgehead atoms. The van der Waals surface area contributed by atoms with Crippen LogP contribution in [0.3, 0.4) is 0 Å². The maximum Gasteiger partial charge on any atom is 0.319 e. The standard InChI is InChI=1S/C18H18N4O/c23-18(22-16-11-20-17-15(16)6-3-9-19-17)21-14-8-7-12-4-1-2-5-13(12)10-14/h1-6,9,11,14H,7-8,10H2,(H,19,20)(H2,21,22,23). The SMILES string of the molecule is O=C(Nc1c[nH]c2ncccc12)NC1CCc2ccccc2C1. The second-order valence-corrected chi connectivity index (χ2v) is 5.91. The summed E-state index contributed by atoms with van der Waals surface area (Å²) in [6.45, 7) is 0. The number of nitrogens with zero attached hydrogens (tertiary/aromatic N) is 1. The largest absolute Gasteiger partial charge is 0.344 e. The zero-order valence-electron chi connectivity index (χ0n) is 12.7. The third-order valence-corrected chi connectivity index (χ3v) is 4.38. The number of amides is 2. The number of hydrogen-bond donors (Lipinski definition) is 3. The molecular formula is C18H18N4O. The summed E-state index contributed by atoms with van der Waals surface area (Å²) in [5.74, 6) is 0. The molecule has 0 radical (unpaired) electrons. The molecule has 3 aromatic rings. The fourth-order valence-electron chi connectivity index (χ4n) is 3.22. The summed E-state index contributed by atoms with van der Waals surface area (Å²) in [7, 11) is 0. The summed E-state index contributed by atoms with van der Waals surface area (Å²) in [4.78, 5) is 19.6. The Morgan fingerprint density at radius 2 is 2.04 bits per heavy atom. The third-order valence-electron chi connectivity index (χ3n) is 4.38. The predicted molar refractivity (Wildman–Crippen MR) is 90.5 cm³/mol. The molecular weight excluding hydrogens is 288 g/mol. The van der Waals surface area contributed by atoms with E-state index < -0.39 is 0 Å². The topological polar surface area (TPSA) is 69.8 Å². The number of aryl methyl sites for hydroxylation is 1. The Morgan fingerprint density at radius 1 is 1.17 bits per heavy atom. The van der Waals surface area contributed by atoms with E-state index in [2.05, 4.69) is 44.9 Å². The first kappa shape index (κ1) is 13.8. The summed E-state index contributed by atoms with van der Waals surface area (Å²) < 4.78 is 0. The van der Waals surface area contributed by atoms with Crippen molar-refractivity contribution in [2.24, 2.45) is 0 Å². The summed E-state index contributed by atoms with van der Waals surface area (Å²) in [6.07, 6.45) is 6.37. The van der Waals surface area contributed by atoms with Crippen molar-refractivity contribution in [1.29, 1.82) is 0 Å². The van der Waals surface area contributed by atoms with Gasteiger partial charge >= 0.3 is 6.03 Å². The van der Waals surface area contributed by atoms with E-state index in [0.29, 0.717) is 0 Å². The van der Waals surface area contributed by atoms with Crippen LogP contribution in [-0.4, -0.2) is 22.0 Å². The van der Waals surface area contributed by atoms with E-state index in [1.807, 2.05) is 12.1 Å². The van der Waals surface area contributed by atoms with Gasteiger partial charge in [0, 0.05) is 23.8 Å². The van der Waals surface area contributed by atoms with E-state index in [1.165, 1.54) is 11.1 Å². The van der Waals surface area contributed by atoms with Crippen molar-refractivity contribution in [1.82, 2.24) is 15.3 Å². The molecule has 1 unspecified atom stereocenters. The van der Waals surface area contributed by atoms with E-state index in [4.69, 9.17) is 0 Å². The van der Waals surface area contributed by atoms with Gasteiger partial charge in [0.2, 0.25) is 0 Å². The quantitative estimate of drug-likeness (QED) is 0.680. The van der Waals surface area contributed by atoms with Gasteiger partial charge in [-0.25, -0.2) is 9.78 Å². The first-order valence-corrected chi connectivity index (χ1v) is 7.86. The Balaban J connectivity index is 1.43. The monoisotopic (exact) mass is 306 g/mol. The minimum Gasteiger partial charge on any atom is -0.344 e. The van der Waals surface area contributed by atoms with Gasteiger partial charge < -0.3 is 15.6 Å². The van der Waals surface area contributed by atoms with Crippen LogP contribution in [0.5, 0.6) is 0 Å². The number of aromatic nitrogens is 2. The zero-order valence-corrected chi connectivity index (χ0v) is 12.7. The number of rotatable bonds is 2. The number of benzene rings is 1. The van der Waals surface area contributed by atoms with Gasteiger partial charge in [0.05, 0.1) is 5.69 Å². The summed E-state index contributed by atoms with van der Waals surface area (Å²) in [6, 6.07) is 12.2. The lowest BCUT2D eigenvalue weighted by Gasteiger charge is -2.25. The third kappa shape index (κ3) is 2.77. The fraction of sp³-hybridized carbons (Fsp3) is 0.222. The van der Waals surface area contributed by atoms with Gasteiger partial charge in [-0.15, -0.1) is 0 Å². The van der Waals surface area contributed by atoms with Crippen LogP contribution in [0.2, 0.25) is 0 Å². The highest BCUT2D eigenvalue weighted by Crippen LogP contribution is 2.22. The first-order valence-electron chi connectivity index (χ1n) is 7.86. The number of carbonyl (C=O) groups is 1. The van der Waals surface area contributed by atoms with Crippen molar-refractivity contribution in [3.63, 3.8) is 0 Å². The lowest BCUT2D eigenvalue weighted by molar-refractivity contribution is 0.247. The average molecular weight is 306 g/mol. The molecule has 2 amide bonds. The lowest BCUT2D eigenvalue weighted by Crippen LogP contribution is -2.41. The first-order chi connectivity index (χ1) is 11.3. The molecule has 5 nitrogen and oxygen atoms in total. The number of H-pyrrole nitrogens is 1. The van der Waals surface area contributed by atoms with Crippen molar-refractivity contribution >= 4 is 22.8 Å². The summed E-state index contributed by atoms with van der Waals surface area (Å²) in [5.41, 5.74) is 4.25. The van der Waals surface area contributed by atoms with E-state index in [-0.39, 0.29) is 12.1 Å². The molecule has 4 rings (SSSR count). The lowest BCUT2D eigenvalue weighted by atomic mass is 9.88. The number of aromatic amines is 1. The van der Waals surface area contributed by atoms with Crippen molar-refractivity contribution in [3.05, 3.63) is 59.9 Å². The molecule has 116 valence electrons. The number of carbonyl (C=O) groups excluding carboxylic acids is 1. The molecule has 0 saturated carbocycles. The molecule has 0 spiro atoms.